The summed E-state index contributed by atoms with van der Waals surface area (Å²) in [6.45, 7) is -0.137. The summed E-state index contributed by atoms with van der Waals surface area (Å²) in [4.78, 5) is 10.8. The zero-order valence-electron chi connectivity index (χ0n) is 7.51. The highest BCUT2D eigenvalue weighted by Gasteiger charge is 2.04. The van der Waals surface area contributed by atoms with E-state index in [1.54, 1.807) is 0 Å². The van der Waals surface area contributed by atoms with Gasteiger partial charge in [-0.3, -0.25) is 4.79 Å². The molecule has 0 bridgehead atoms. The molecule has 0 aliphatic carbocycles. The van der Waals surface area contributed by atoms with Crippen molar-refractivity contribution in [2.75, 3.05) is 13.7 Å². The SMILES string of the molecule is CNC(=O)COc1ccc(F)cc1Cl. The summed E-state index contributed by atoms with van der Waals surface area (Å²) in [7, 11) is 1.50. The van der Waals surface area contributed by atoms with Gasteiger partial charge in [0.15, 0.2) is 6.61 Å². The minimum absolute atomic E-state index is 0.137. The zero-order valence-corrected chi connectivity index (χ0v) is 8.27. The maximum atomic E-state index is 12.6. The number of benzene rings is 1. The van der Waals surface area contributed by atoms with Crippen LogP contribution >= 0.6 is 11.6 Å². The van der Waals surface area contributed by atoms with Crippen LogP contribution in [0.2, 0.25) is 5.02 Å². The Balaban J connectivity index is 2.63. The molecule has 0 radical (unpaired) electrons. The monoisotopic (exact) mass is 217 g/mol. The molecule has 1 rings (SSSR count). The molecule has 0 heterocycles. The maximum absolute atomic E-state index is 12.6. The number of nitrogens with one attached hydrogen (secondary N) is 1. The third kappa shape index (κ3) is 2.88. The highest BCUT2D eigenvalue weighted by molar-refractivity contribution is 6.32. The molecule has 5 heteroatoms. The summed E-state index contributed by atoms with van der Waals surface area (Å²) in [5.41, 5.74) is 0. The second kappa shape index (κ2) is 4.81. The van der Waals surface area contributed by atoms with E-state index in [9.17, 15) is 9.18 Å². The fourth-order valence-corrected chi connectivity index (χ4v) is 1.03. The molecule has 0 saturated carbocycles. The molecule has 1 amide bonds. The van der Waals surface area contributed by atoms with E-state index in [-0.39, 0.29) is 23.3 Å². The normalized spacial score (nSPS) is 9.64. The van der Waals surface area contributed by atoms with Gasteiger partial charge in [-0.25, -0.2) is 4.39 Å². The third-order valence-electron chi connectivity index (χ3n) is 1.53. The van der Waals surface area contributed by atoms with Gasteiger partial charge in [-0.2, -0.15) is 0 Å². The number of halogens is 2. The van der Waals surface area contributed by atoms with Crippen LogP contribution in [-0.2, 0) is 4.79 Å². The van der Waals surface area contributed by atoms with Crippen LogP contribution in [-0.4, -0.2) is 19.6 Å². The number of rotatable bonds is 3. The van der Waals surface area contributed by atoms with E-state index >= 15 is 0 Å². The molecule has 14 heavy (non-hydrogen) atoms. The molecular formula is C9H9ClFNO2. The van der Waals surface area contributed by atoms with Gasteiger partial charge in [-0.05, 0) is 18.2 Å². The van der Waals surface area contributed by atoms with Crippen molar-refractivity contribution in [2.45, 2.75) is 0 Å². The third-order valence-corrected chi connectivity index (χ3v) is 1.83. The van der Waals surface area contributed by atoms with Gasteiger partial charge in [0.2, 0.25) is 0 Å². The molecule has 1 aromatic carbocycles. The zero-order chi connectivity index (χ0) is 10.6. The van der Waals surface area contributed by atoms with Gasteiger partial charge in [0.25, 0.3) is 5.91 Å². The van der Waals surface area contributed by atoms with Crippen LogP contribution in [0.15, 0.2) is 18.2 Å². The minimum atomic E-state index is -0.442. The molecule has 0 saturated heterocycles. The van der Waals surface area contributed by atoms with Gasteiger partial charge in [0, 0.05) is 7.05 Å². The summed E-state index contributed by atoms with van der Waals surface area (Å²) in [6.07, 6.45) is 0. The largest absolute Gasteiger partial charge is 0.482 e. The number of hydrogen-bond donors (Lipinski definition) is 1. The number of likely N-dealkylation sites (N-methyl/N-ethyl adjacent to an activating group) is 1. The van der Waals surface area contributed by atoms with E-state index < -0.39 is 5.82 Å². The van der Waals surface area contributed by atoms with Crippen molar-refractivity contribution in [1.82, 2.24) is 5.32 Å². The molecule has 0 unspecified atom stereocenters. The van der Waals surface area contributed by atoms with Crippen molar-refractivity contribution in [3.63, 3.8) is 0 Å². The fraction of sp³-hybridized carbons (Fsp3) is 0.222. The molecule has 0 atom stereocenters. The van der Waals surface area contributed by atoms with Crippen molar-refractivity contribution in [3.05, 3.63) is 29.0 Å². The Kier molecular flexibility index (Phi) is 3.71. The van der Waals surface area contributed by atoms with Crippen LogP contribution in [0.1, 0.15) is 0 Å². The molecule has 76 valence electrons. The van der Waals surface area contributed by atoms with Crippen LogP contribution < -0.4 is 10.1 Å². The number of carbonyl (C=O) groups is 1. The Bertz CT molecular complexity index is 344. The van der Waals surface area contributed by atoms with Gasteiger partial charge >= 0.3 is 0 Å². The van der Waals surface area contributed by atoms with Crippen molar-refractivity contribution in [1.29, 1.82) is 0 Å². The van der Waals surface area contributed by atoms with Gasteiger partial charge in [-0.1, -0.05) is 11.6 Å². The van der Waals surface area contributed by atoms with Crippen LogP contribution in [0.25, 0.3) is 0 Å². The van der Waals surface area contributed by atoms with E-state index in [0.29, 0.717) is 0 Å². The predicted molar refractivity (Wildman–Crippen MR) is 51.0 cm³/mol. The smallest absolute Gasteiger partial charge is 0.257 e. The Labute approximate surface area is 85.8 Å². The molecule has 0 aliphatic rings. The average Bonchev–Trinajstić information content (AvgIpc) is 2.16. The Morgan fingerprint density at radius 1 is 1.64 bits per heavy atom. The maximum Gasteiger partial charge on any atom is 0.257 e. The quantitative estimate of drug-likeness (QED) is 0.835. The molecular weight excluding hydrogens is 209 g/mol. The second-order valence-electron chi connectivity index (χ2n) is 2.54. The number of ether oxygens (including phenoxy) is 1. The molecule has 1 aromatic rings. The van der Waals surface area contributed by atoms with Crippen LogP contribution in [0, 0.1) is 5.82 Å². The summed E-state index contributed by atoms with van der Waals surface area (Å²) >= 11 is 5.66. The average molecular weight is 218 g/mol. The lowest BCUT2D eigenvalue weighted by atomic mass is 10.3. The molecule has 0 aromatic heterocycles. The van der Waals surface area contributed by atoms with E-state index in [1.807, 2.05) is 0 Å². The van der Waals surface area contributed by atoms with E-state index in [0.717, 1.165) is 6.07 Å². The first-order valence-electron chi connectivity index (χ1n) is 3.92. The van der Waals surface area contributed by atoms with Crippen molar-refractivity contribution in [3.8, 4) is 5.75 Å². The Morgan fingerprint density at radius 3 is 2.93 bits per heavy atom. The second-order valence-corrected chi connectivity index (χ2v) is 2.94. The van der Waals surface area contributed by atoms with Gasteiger partial charge in [-0.15, -0.1) is 0 Å². The summed E-state index contributed by atoms with van der Waals surface area (Å²) in [6, 6.07) is 3.71. The van der Waals surface area contributed by atoms with Gasteiger partial charge in [0.05, 0.1) is 5.02 Å². The lowest BCUT2D eigenvalue weighted by Crippen LogP contribution is -2.24. The van der Waals surface area contributed by atoms with Crippen molar-refractivity contribution >= 4 is 17.5 Å². The molecule has 0 fully saturated rings. The van der Waals surface area contributed by atoms with Gasteiger partial charge in [0.1, 0.15) is 11.6 Å². The summed E-state index contributed by atoms with van der Waals surface area (Å²) in [5.74, 6) is -0.427. The first-order valence-corrected chi connectivity index (χ1v) is 4.29. The van der Waals surface area contributed by atoms with Crippen LogP contribution in [0.5, 0.6) is 5.75 Å². The Morgan fingerprint density at radius 2 is 2.36 bits per heavy atom. The molecule has 3 nitrogen and oxygen atoms in total. The van der Waals surface area contributed by atoms with Gasteiger partial charge < -0.3 is 10.1 Å². The van der Waals surface area contributed by atoms with E-state index in [4.69, 9.17) is 16.3 Å². The standard InChI is InChI=1S/C9H9ClFNO2/c1-12-9(13)5-14-8-3-2-6(11)4-7(8)10/h2-4H,5H2,1H3,(H,12,13). The molecule has 0 spiro atoms. The lowest BCUT2D eigenvalue weighted by Gasteiger charge is -2.06. The molecule has 1 N–H and O–H groups in total. The summed E-state index contributed by atoms with van der Waals surface area (Å²) < 4.78 is 17.6. The predicted octanol–water partition coefficient (Wildman–Crippen LogP) is 1.60. The number of hydrogen-bond acceptors (Lipinski definition) is 2. The minimum Gasteiger partial charge on any atom is -0.482 e. The van der Waals surface area contributed by atoms with Crippen molar-refractivity contribution in [2.24, 2.45) is 0 Å². The molecule has 0 aliphatic heterocycles. The summed E-state index contributed by atoms with van der Waals surface area (Å²) in [5, 5.41) is 2.53. The topological polar surface area (TPSA) is 38.3 Å². The first-order chi connectivity index (χ1) is 6.63. The van der Waals surface area contributed by atoms with Crippen LogP contribution in [0.4, 0.5) is 4.39 Å². The van der Waals surface area contributed by atoms with Crippen LogP contribution in [0.3, 0.4) is 0 Å². The fourth-order valence-electron chi connectivity index (χ4n) is 0.808. The highest BCUT2D eigenvalue weighted by atomic mass is 35.5. The van der Waals surface area contributed by atoms with E-state index in [1.165, 1.54) is 19.2 Å². The lowest BCUT2D eigenvalue weighted by molar-refractivity contribution is -0.122. The first kappa shape index (κ1) is 10.8. The number of carbonyl (C=O) groups excluding carboxylic acids is 1. The van der Waals surface area contributed by atoms with E-state index in [2.05, 4.69) is 5.32 Å². The van der Waals surface area contributed by atoms with Crippen molar-refractivity contribution < 1.29 is 13.9 Å². The highest BCUT2D eigenvalue weighted by Crippen LogP contribution is 2.24. The Hall–Kier alpha value is -1.29. The number of amides is 1.